The summed E-state index contributed by atoms with van der Waals surface area (Å²) >= 11 is 0. The SMILES string of the molecule is C1=C[Si]=CC1. The van der Waals surface area contributed by atoms with E-state index in [0.29, 0.717) is 0 Å². The van der Waals surface area contributed by atoms with E-state index in [-0.39, 0.29) is 0 Å². The topological polar surface area (TPSA) is 0 Å². The summed E-state index contributed by atoms with van der Waals surface area (Å²) in [6.45, 7) is 0. The van der Waals surface area contributed by atoms with Crippen LogP contribution in [0.5, 0.6) is 0 Å². The van der Waals surface area contributed by atoms with Crippen LogP contribution in [0.1, 0.15) is 6.42 Å². The quantitative estimate of drug-likeness (QED) is 0.370. The highest BCUT2D eigenvalue weighted by Crippen LogP contribution is 1.78. The first-order valence-corrected chi connectivity index (χ1v) is 2.88. The molecule has 1 aliphatic rings. The van der Waals surface area contributed by atoms with Gasteiger partial charge in [-0.1, -0.05) is 17.4 Å². The van der Waals surface area contributed by atoms with Gasteiger partial charge in [-0.3, -0.25) is 0 Å². The Morgan fingerprint density at radius 3 is 2.80 bits per heavy atom. The molecule has 1 heterocycles. The van der Waals surface area contributed by atoms with Crippen molar-refractivity contribution in [2.75, 3.05) is 0 Å². The number of allylic oxidation sites excluding steroid dienone is 1. The number of hydrogen-bond donors (Lipinski definition) is 0. The molecule has 25 valence electrons. The van der Waals surface area contributed by atoms with Crippen molar-refractivity contribution in [2.24, 2.45) is 0 Å². The molecule has 1 rings (SSSR count). The predicted molar refractivity (Wildman–Crippen MR) is 25.6 cm³/mol. The fourth-order valence-electron chi connectivity index (χ4n) is 0.340. The van der Waals surface area contributed by atoms with Crippen molar-refractivity contribution in [3.05, 3.63) is 11.8 Å². The number of rotatable bonds is 0. The summed E-state index contributed by atoms with van der Waals surface area (Å²) in [6, 6.07) is 0. The second-order valence-electron chi connectivity index (χ2n) is 1.01. The first-order chi connectivity index (χ1) is 2.50. The molecule has 1 aliphatic heterocycles. The minimum atomic E-state index is 1.00. The van der Waals surface area contributed by atoms with Crippen LogP contribution in [-0.2, 0) is 0 Å². The van der Waals surface area contributed by atoms with Gasteiger partial charge in [-0.25, -0.2) is 0 Å². The average molecular weight is 81.2 g/mol. The Bertz CT molecular complexity index is 61.7. The van der Waals surface area contributed by atoms with Crippen LogP contribution < -0.4 is 0 Å². The molecule has 1 heteroatoms. The molecule has 1 radical (unpaired) electrons. The molecule has 0 saturated heterocycles. The second-order valence-corrected chi connectivity index (χ2v) is 2.08. The van der Waals surface area contributed by atoms with E-state index in [1.54, 1.807) is 0 Å². The van der Waals surface area contributed by atoms with Gasteiger partial charge in [0.15, 0.2) is 0 Å². The van der Waals surface area contributed by atoms with Gasteiger partial charge in [-0.2, -0.15) is 0 Å². The van der Waals surface area contributed by atoms with E-state index in [9.17, 15) is 0 Å². The lowest BCUT2D eigenvalue weighted by Gasteiger charge is -1.57. The summed E-state index contributed by atoms with van der Waals surface area (Å²) in [5.41, 5.74) is 4.49. The normalized spacial score (nSPS) is 17.6. The minimum Gasteiger partial charge on any atom is -0.0956 e. The maximum Gasteiger partial charge on any atom is 0.0461 e. The summed E-state index contributed by atoms with van der Waals surface area (Å²) in [7, 11) is 1.00. The van der Waals surface area contributed by atoms with E-state index in [0.717, 1.165) is 9.13 Å². The van der Waals surface area contributed by atoms with E-state index < -0.39 is 0 Å². The van der Waals surface area contributed by atoms with Gasteiger partial charge in [0.2, 0.25) is 0 Å². The monoisotopic (exact) mass is 81.0 g/mol. The highest BCUT2D eigenvalue weighted by molar-refractivity contribution is 6.53. The van der Waals surface area contributed by atoms with Crippen LogP contribution in [0, 0.1) is 0 Å². The van der Waals surface area contributed by atoms with Crippen molar-refractivity contribution in [3.63, 3.8) is 0 Å². The third-order valence-corrected chi connectivity index (χ3v) is 1.49. The van der Waals surface area contributed by atoms with Gasteiger partial charge < -0.3 is 0 Å². The Kier molecular flexibility index (Phi) is 0.796. The Morgan fingerprint density at radius 2 is 2.60 bits per heavy atom. The number of hydrogen-bond acceptors (Lipinski definition) is 0. The van der Waals surface area contributed by atoms with Crippen molar-refractivity contribution >= 4 is 14.8 Å². The molecule has 0 fully saturated rings. The molecular weight excluding hydrogens is 76.1 g/mol. The molecule has 0 atom stereocenters. The molecule has 0 aromatic rings. The molecule has 0 amide bonds. The van der Waals surface area contributed by atoms with Gasteiger partial charge in [-0.05, 0) is 6.42 Å². The van der Waals surface area contributed by atoms with E-state index in [2.05, 4.69) is 17.4 Å². The largest absolute Gasteiger partial charge is 0.0956 e. The summed E-state index contributed by atoms with van der Waals surface area (Å²) in [6.07, 6.45) is 3.40. The maximum absolute atomic E-state index is 2.28. The van der Waals surface area contributed by atoms with Crippen molar-refractivity contribution < 1.29 is 0 Å². The molecule has 0 nitrogen and oxygen atoms in total. The van der Waals surface area contributed by atoms with Gasteiger partial charge in [0.05, 0.1) is 0 Å². The third-order valence-electron chi connectivity index (χ3n) is 0.586. The smallest absolute Gasteiger partial charge is 0.0461 e. The summed E-state index contributed by atoms with van der Waals surface area (Å²) in [5.74, 6) is 0. The van der Waals surface area contributed by atoms with Crippen molar-refractivity contribution in [1.82, 2.24) is 0 Å². The molecule has 0 unspecified atom stereocenters. The molecule has 0 aromatic carbocycles. The van der Waals surface area contributed by atoms with Crippen molar-refractivity contribution in [1.29, 1.82) is 0 Å². The lowest BCUT2D eigenvalue weighted by atomic mass is 10.5. The van der Waals surface area contributed by atoms with Crippen LogP contribution in [0.4, 0.5) is 0 Å². The third kappa shape index (κ3) is 0.548. The average Bonchev–Trinajstić information content (AvgIpc) is 1.76. The van der Waals surface area contributed by atoms with Crippen molar-refractivity contribution in [3.8, 4) is 0 Å². The lowest BCUT2D eigenvalue weighted by molar-refractivity contribution is 1.60. The van der Waals surface area contributed by atoms with E-state index in [1.165, 1.54) is 6.42 Å². The predicted octanol–water partition coefficient (Wildman–Crippen LogP) is 0.410. The molecule has 0 bridgehead atoms. The standard InChI is InChI=1S/C4H5Si/c1-2-4-5-3-1/h1,3-4H,2H2. The van der Waals surface area contributed by atoms with Crippen LogP contribution in [0.3, 0.4) is 0 Å². The zero-order valence-corrected chi connectivity index (χ0v) is 3.94. The van der Waals surface area contributed by atoms with E-state index in [4.69, 9.17) is 0 Å². The minimum absolute atomic E-state index is 1.00. The second kappa shape index (κ2) is 1.31. The van der Waals surface area contributed by atoms with Gasteiger partial charge in [-0.15, -0.1) is 0 Å². The zero-order chi connectivity index (χ0) is 3.54. The van der Waals surface area contributed by atoms with Gasteiger partial charge in [0, 0.05) is 9.13 Å². The van der Waals surface area contributed by atoms with E-state index in [1.807, 2.05) is 0 Å². The molecule has 0 aromatic heterocycles. The molecule has 0 spiro atoms. The Labute approximate surface area is 34.0 Å². The van der Waals surface area contributed by atoms with Gasteiger partial charge >= 0.3 is 0 Å². The van der Waals surface area contributed by atoms with Gasteiger partial charge in [0.1, 0.15) is 0 Å². The Morgan fingerprint density at radius 1 is 1.60 bits per heavy atom. The maximum atomic E-state index is 2.28. The zero-order valence-electron chi connectivity index (χ0n) is 2.94. The first-order valence-electron chi connectivity index (χ1n) is 1.73. The molecule has 0 N–H and O–H groups in total. The highest BCUT2D eigenvalue weighted by atomic mass is 28.2. The van der Waals surface area contributed by atoms with Crippen molar-refractivity contribution in [2.45, 2.75) is 6.42 Å². The fraction of sp³-hybridized carbons (Fsp3) is 0.250. The van der Waals surface area contributed by atoms with Crippen LogP contribution in [0.25, 0.3) is 0 Å². The van der Waals surface area contributed by atoms with Crippen LogP contribution in [0.2, 0.25) is 0 Å². The summed E-state index contributed by atoms with van der Waals surface area (Å²) in [5, 5.41) is 0. The Hall–Kier alpha value is -0.173. The fourth-order valence-corrected chi connectivity index (χ4v) is 1.02. The van der Waals surface area contributed by atoms with Crippen LogP contribution >= 0.6 is 0 Å². The first kappa shape index (κ1) is 3.03. The lowest BCUT2D eigenvalue weighted by Crippen LogP contribution is -1.62. The molecular formula is C4H5Si. The van der Waals surface area contributed by atoms with Gasteiger partial charge in [0.25, 0.3) is 0 Å². The van der Waals surface area contributed by atoms with E-state index >= 15 is 0 Å². The summed E-state index contributed by atoms with van der Waals surface area (Å²) < 4.78 is 0. The highest BCUT2D eigenvalue weighted by Gasteiger charge is 1.73. The van der Waals surface area contributed by atoms with Crippen LogP contribution in [0.15, 0.2) is 11.8 Å². The molecule has 5 heavy (non-hydrogen) atoms. The Balaban J connectivity index is 2.61. The molecule has 0 aliphatic carbocycles. The summed E-state index contributed by atoms with van der Waals surface area (Å²) in [4.78, 5) is 0. The van der Waals surface area contributed by atoms with Crippen LogP contribution in [-0.4, -0.2) is 14.8 Å². The molecule has 0 saturated carbocycles.